The number of carboxylic acids is 1. The number of fused-ring (bicyclic) bond motifs is 1. The minimum absolute atomic E-state index is 0.263. The van der Waals surface area contributed by atoms with Crippen LogP contribution in [0.25, 0.3) is 10.8 Å². The normalized spacial score (nSPS) is 13.4. The van der Waals surface area contributed by atoms with Gasteiger partial charge in [0, 0.05) is 6.26 Å². The van der Waals surface area contributed by atoms with Crippen molar-refractivity contribution < 1.29 is 18.3 Å². The first-order chi connectivity index (χ1) is 8.79. The first-order valence-electron chi connectivity index (χ1n) is 5.75. The molecule has 0 saturated carbocycles. The van der Waals surface area contributed by atoms with E-state index in [4.69, 9.17) is 5.11 Å². The van der Waals surface area contributed by atoms with Crippen molar-refractivity contribution in [1.82, 2.24) is 0 Å². The molecule has 0 aromatic heterocycles. The summed E-state index contributed by atoms with van der Waals surface area (Å²) in [5.74, 6) is -1.47. The molecule has 0 bridgehead atoms. The second-order valence-electron chi connectivity index (χ2n) is 4.60. The molecule has 100 valence electrons. The molecule has 0 aliphatic rings. The van der Waals surface area contributed by atoms with Crippen LogP contribution in [0.15, 0.2) is 41.3 Å². The molecule has 1 atom stereocenters. The Morgan fingerprint density at radius 3 is 2.26 bits per heavy atom. The molecule has 2 aromatic carbocycles. The lowest BCUT2D eigenvalue weighted by Gasteiger charge is -2.08. The molecule has 0 radical (unpaired) electrons. The van der Waals surface area contributed by atoms with Gasteiger partial charge in [-0.25, -0.2) is 8.42 Å². The molecule has 0 aliphatic carbocycles. The van der Waals surface area contributed by atoms with E-state index in [1.807, 2.05) is 0 Å². The number of hydrogen-bond donors (Lipinski definition) is 1. The van der Waals surface area contributed by atoms with E-state index in [0.717, 1.165) is 17.0 Å². The second kappa shape index (κ2) is 4.66. The Morgan fingerprint density at radius 1 is 1.11 bits per heavy atom. The number of carbonyl (C=O) groups is 1. The maximum absolute atomic E-state index is 11.5. The molecular formula is C14H14O4S. The number of hydrogen-bond acceptors (Lipinski definition) is 3. The third-order valence-corrected chi connectivity index (χ3v) is 4.24. The number of benzene rings is 2. The van der Waals surface area contributed by atoms with E-state index in [1.54, 1.807) is 37.3 Å². The summed E-state index contributed by atoms with van der Waals surface area (Å²) in [6.07, 6.45) is 1.16. The average Bonchev–Trinajstić information content (AvgIpc) is 2.35. The summed E-state index contributed by atoms with van der Waals surface area (Å²) in [7, 11) is -3.23. The molecule has 4 nitrogen and oxygen atoms in total. The van der Waals surface area contributed by atoms with Crippen LogP contribution in [0, 0.1) is 0 Å². The Hall–Kier alpha value is -1.88. The van der Waals surface area contributed by atoms with Gasteiger partial charge in [-0.1, -0.05) is 24.3 Å². The summed E-state index contributed by atoms with van der Waals surface area (Å²) in [6, 6.07) is 10.1. The number of aliphatic carboxylic acids is 1. The topological polar surface area (TPSA) is 71.4 Å². The molecule has 2 rings (SSSR count). The minimum Gasteiger partial charge on any atom is -0.481 e. The zero-order chi connectivity index (χ0) is 14.2. The monoisotopic (exact) mass is 278 g/mol. The van der Waals surface area contributed by atoms with Gasteiger partial charge < -0.3 is 5.11 Å². The van der Waals surface area contributed by atoms with Crippen LogP contribution in [0.3, 0.4) is 0 Å². The highest BCUT2D eigenvalue weighted by molar-refractivity contribution is 7.90. The quantitative estimate of drug-likeness (QED) is 0.936. The van der Waals surface area contributed by atoms with E-state index >= 15 is 0 Å². The minimum atomic E-state index is -3.23. The van der Waals surface area contributed by atoms with Gasteiger partial charge in [-0.2, -0.15) is 0 Å². The number of rotatable bonds is 3. The fourth-order valence-electron chi connectivity index (χ4n) is 1.88. The molecular weight excluding hydrogens is 264 g/mol. The maximum atomic E-state index is 11.5. The largest absolute Gasteiger partial charge is 0.481 e. The fraction of sp³-hybridized carbons (Fsp3) is 0.214. The number of carboxylic acid groups (broad SMARTS) is 1. The average molecular weight is 278 g/mol. The first-order valence-corrected chi connectivity index (χ1v) is 7.65. The van der Waals surface area contributed by atoms with Crippen molar-refractivity contribution in [2.45, 2.75) is 17.7 Å². The van der Waals surface area contributed by atoms with E-state index in [1.165, 1.54) is 6.07 Å². The molecule has 0 fully saturated rings. The summed E-state index contributed by atoms with van der Waals surface area (Å²) in [4.78, 5) is 11.2. The Kier molecular flexibility index (Phi) is 3.32. The summed E-state index contributed by atoms with van der Waals surface area (Å²) in [5, 5.41) is 10.6. The smallest absolute Gasteiger partial charge is 0.310 e. The van der Waals surface area contributed by atoms with Crippen molar-refractivity contribution in [3.05, 3.63) is 42.0 Å². The van der Waals surface area contributed by atoms with Crippen molar-refractivity contribution in [2.75, 3.05) is 6.26 Å². The molecule has 0 spiro atoms. The van der Waals surface area contributed by atoms with Crippen molar-refractivity contribution in [3.8, 4) is 0 Å². The summed E-state index contributed by atoms with van der Waals surface area (Å²) >= 11 is 0. The van der Waals surface area contributed by atoms with Crippen LogP contribution in [0.5, 0.6) is 0 Å². The summed E-state index contributed by atoms with van der Waals surface area (Å²) in [6.45, 7) is 1.62. The lowest BCUT2D eigenvalue weighted by Crippen LogP contribution is -2.07. The van der Waals surface area contributed by atoms with Crippen LogP contribution >= 0.6 is 0 Å². The van der Waals surface area contributed by atoms with Crippen LogP contribution in [0.4, 0.5) is 0 Å². The van der Waals surface area contributed by atoms with Crippen molar-refractivity contribution in [2.24, 2.45) is 0 Å². The summed E-state index contributed by atoms with van der Waals surface area (Å²) < 4.78 is 22.9. The van der Waals surface area contributed by atoms with Crippen LogP contribution in [0.2, 0.25) is 0 Å². The van der Waals surface area contributed by atoms with E-state index in [2.05, 4.69) is 0 Å². The fourth-order valence-corrected chi connectivity index (χ4v) is 2.54. The van der Waals surface area contributed by atoms with Gasteiger partial charge in [0.2, 0.25) is 0 Å². The van der Waals surface area contributed by atoms with Gasteiger partial charge in [-0.15, -0.1) is 0 Å². The van der Waals surface area contributed by atoms with Crippen LogP contribution in [0.1, 0.15) is 18.4 Å². The Balaban J connectivity index is 2.55. The van der Waals surface area contributed by atoms with Gasteiger partial charge in [0.05, 0.1) is 10.8 Å². The molecule has 2 aromatic rings. The molecule has 0 aliphatic heterocycles. The Bertz CT molecular complexity index is 747. The van der Waals surface area contributed by atoms with Gasteiger partial charge in [0.25, 0.3) is 0 Å². The Labute approximate surface area is 111 Å². The first kappa shape index (κ1) is 13.5. The second-order valence-corrected chi connectivity index (χ2v) is 6.62. The van der Waals surface area contributed by atoms with Gasteiger partial charge >= 0.3 is 5.97 Å². The SMILES string of the molecule is C[C@@H](C(=O)O)c1ccc2cc(S(C)(=O)=O)ccc2c1. The van der Waals surface area contributed by atoms with E-state index in [9.17, 15) is 13.2 Å². The van der Waals surface area contributed by atoms with Crippen LogP contribution in [-0.2, 0) is 14.6 Å². The standard InChI is InChI=1S/C14H14O4S/c1-9(14(15)16)10-3-4-12-8-13(19(2,17)18)6-5-11(12)7-10/h3-9H,1-2H3,(H,15,16)/t9-/m1/s1. The van der Waals surface area contributed by atoms with Gasteiger partial charge in [-0.3, -0.25) is 4.79 Å². The molecule has 5 heteroatoms. The van der Waals surface area contributed by atoms with E-state index in [-0.39, 0.29) is 4.90 Å². The number of sulfone groups is 1. The lowest BCUT2D eigenvalue weighted by atomic mass is 9.98. The third-order valence-electron chi connectivity index (χ3n) is 3.13. The molecule has 0 saturated heterocycles. The zero-order valence-electron chi connectivity index (χ0n) is 10.6. The van der Waals surface area contributed by atoms with Gasteiger partial charge in [0.15, 0.2) is 9.84 Å². The lowest BCUT2D eigenvalue weighted by molar-refractivity contribution is -0.138. The molecule has 0 amide bonds. The molecule has 1 N–H and O–H groups in total. The van der Waals surface area contributed by atoms with Crippen molar-refractivity contribution in [3.63, 3.8) is 0 Å². The van der Waals surface area contributed by atoms with Crippen molar-refractivity contribution in [1.29, 1.82) is 0 Å². The molecule has 19 heavy (non-hydrogen) atoms. The predicted molar refractivity (Wildman–Crippen MR) is 73.1 cm³/mol. The van der Waals surface area contributed by atoms with Crippen LogP contribution < -0.4 is 0 Å². The van der Waals surface area contributed by atoms with Crippen LogP contribution in [-0.4, -0.2) is 25.7 Å². The summed E-state index contributed by atoms with van der Waals surface area (Å²) in [5.41, 5.74) is 0.701. The van der Waals surface area contributed by atoms with Crippen molar-refractivity contribution >= 4 is 26.6 Å². The highest BCUT2D eigenvalue weighted by Gasteiger charge is 2.14. The highest BCUT2D eigenvalue weighted by Crippen LogP contribution is 2.24. The Morgan fingerprint density at radius 2 is 1.68 bits per heavy atom. The van der Waals surface area contributed by atoms with Gasteiger partial charge in [0.1, 0.15) is 0 Å². The van der Waals surface area contributed by atoms with Gasteiger partial charge in [-0.05, 0) is 35.4 Å². The highest BCUT2D eigenvalue weighted by atomic mass is 32.2. The molecule has 0 unspecified atom stereocenters. The zero-order valence-corrected chi connectivity index (χ0v) is 11.4. The third kappa shape index (κ3) is 2.76. The molecule has 0 heterocycles. The predicted octanol–water partition coefficient (Wildman–Crippen LogP) is 2.43. The van der Waals surface area contributed by atoms with E-state index in [0.29, 0.717) is 5.56 Å². The van der Waals surface area contributed by atoms with E-state index < -0.39 is 21.7 Å². The maximum Gasteiger partial charge on any atom is 0.310 e.